The number of aliphatic hydroxyl groups is 1. The van der Waals surface area contributed by atoms with Crippen molar-refractivity contribution in [2.24, 2.45) is 11.3 Å². The summed E-state index contributed by atoms with van der Waals surface area (Å²) in [6, 6.07) is 0. The maximum atomic E-state index is 9.53. The maximum Gasteiger partial charge on any atom is 0.0540 e. The van der Waals surface area contributed by atoms with Crippen LogP contribution in [0.5, 0.6) is 0 Å². The van der Waals surface area contributed by atoms with Crippen LogP contribution in [0.4, 0.5) is 0 Å². The molecule has 2 rings (SSSR count). The van der Waals surface area contributed by atoms with Crippen LogP contribution in [0.1, 0.15) is 19.8 Å². The smallest absolute Gasteiger partial charge is 0.0540 e. The van der Waals surface area contributed by atoms with Gasteiger partial charge in [0, 0.05) is 18.1 Å². The summed E-state index contributed by atoms with van der Waals surface area (Å²) >= 11 is 4.17. The molecule has 0 spiro atoms. The number of hydrogen-bond donors (Lipinski definition) is 1. The molecular formula is C11H18OS2. The van der Waals surface area contributed by atoms with Crippen LogP contribution in [0.15, 0.2) is 12.2 Å². The van der Waals surface area contributed by atoms with Gasteiger partial charge >= 0.3 is 0 Å². The molecule has 14 heavy (non-hydrogen) atoms. The summed E-state index contributed by atoms with van der Waals surface area (Å²) in [6.45, 7) is 2.57. The largest absolute Gasteiger partial charge is 0.396 e. The third kappa shape index (κ3) is 2.00. The van der Waals surface area contributed by atoms with E-state index in [4.69, 9.17) is 0 Å². The number of rotatable bonds is 2. The second-order valence-corrected chi connectivity index (χ2v) is 7.24. The Morgan fingerprint density at radius 2 is 2.07 bits per heavy atom. The summed E-state index contributed by atoms with van der Waals surface area (Å²) in [7, 11) is 0. The van der Waals surface area contributed by atoms with Gasteiger partial charge in [-0.2, -0.15) is 0 Å². The molecule has 0 saturated carbocycles. The van der Waals surface area contributed by atoms with Crippen molar-refractivity contribution >= 4 is 23.5 Å². The van der Waals surface area contributed by atoms with E-state index in [1.807, 2.05) is 0 Å². The molecule has 0 aromatic carbocycles. The standard InChI is InChI=1S/C11H18OS2/c1-11(8-12)5-3-2-4-9(11)10-13-6-7-14-10/h2-3,9-10,12H,4-8H2,1H3/t9-,11+/m0/s1. The molecule has 0 bridgehead atoms. The molecule has 1 nitrogen and oxygen atoms in total. The third-order valence-electron chi connectivity index (χ3n) is 3.37. The van der Waals surface area contributed by atoms with E-state index in [1.165, 1.54) is 11.5 Å². The van der Waals surface area contributed by atoms with Gasteiger partial charge in [0.2, 0.25) is 0 Å². The van der Waals surface area contributed by atoms with Crippen molar-refractivity contribution < 1.29 is 5.11 Å². The summed E-state index contributed by atoms with van der Waals surface area (Å²) in [4.78, 5) is 0. The van der Waals surface area contributed by atoms with Crippen molar-refractivity contribution in [2.75, 3.05) is 18.1 Å². The van der Waals surface area contributed by atoms with Crippen molar-refractivity contribution in [1.82, 2.24) is 0 Å². The Morgan fingerprint density at radius 3 is 2.71 bits per heavy atom. The van der Waals surface area contributed by atoms with Crippen molar-refractivity contribution in [3.05, 3.63) is 12.2 Å². The SMILES string of the molecule is C[C@]1(CO)CC=CC[C@H]1C1SCCS1. The predicted molar refractivity (Wildman–Crippen MR) is 65.8 cm³/mol. The molecule has 3 heteroatoms. The van der Waals surface area contributed by atoms with Crippen molar-refractivity contribution in [2.45, 2.75) is 24.3 Å². The van der Waals surface area contributed by atoms with Crippen LogP contribution in [0.25, 0.3) is 0 Å². The highest BCUT2D eigenvalue weighted by molar-refractivity contribution is 8.20. The highest BCUT2D eigenvalue weighted by Gasteiger charge is 2.40. The topological polar surface area (TPSA) is 20.2 Å². The number of aliphatic hydroxyl groups excluding tert-OH is 1. The summed E-state index contributed by atoms with van der Waals surface area (Å²) in [5.41, 5.74) is 0.129. The lowest BCUT2D eigenvalue weighted by molar-refractivity contribution is 0.0839. The molecular weight excluding hydrogens is 212 g/mol. The summed E-state index contributed by atoms with van der Waals surface area (Å²) in [5, 5.41) is 9.53. The van der Waals surface area contributed by atoms with Crippen LogP contribution < -0.4 is 0 Å². The Balaban J connectivity index is 2.10. The first kappa shape index (κ1) is 10.9. The molecule has 80 valence electrons. The monoisotopic (exact) mass is 230 g/mol. The van der Waals surface area contributed by atoms with Crippen LogP contribution in [-0.2, 0) is 0 Å². The molecule has 1 fully saturated rings. The van der Waals surface area contributed by atoms with Crippen LogP contribution in [0.3, 0.4) is 0 Å². The Bertz CT molecular complexity index is 223. The van der Waals surface area contributed by atoms with E-state index in [-0.39, 0.29) is 5.41 Å². The van der Waals surface area contributed by atoms with Gasteiger partial charge in [-0.05, 0) is 24.2 Å². The normalized spacial score (nSPS) is 39.1. The molecule has 1 aliphatic carbocycles. The average Bonchev–Trinajstić information content (AvgIpc) is 2.71. The first-order chi connectivity index (χ1) is 6.76. The van der Waals surface area contributed by atoms with Crippen molar-refractivity contribution in [1.29, 1.82) is 0 Å². The average molecular weight is 230 g/mol. The predicted octanol–water partition coefficient (Wildman–Crippen LogP) is 2.76. The lowest BCUT2D eigenvalue weighted by atomic mass is 9.71. The van der Waals surface area contributed by atoms with Crippen LogP contribution >= 0.6 is 23.5 Å². The van der Waals surface area contributed by atoms with E-state index in [1.54, 1.807) is 0 Å². The zero-order valence-electron chi connectivity index (χ0n) is 8.61. The van der Waals surface area contributed by atoms with Gasteiger partial charge in [0.05, 0.1) is 4.58 Å². The molecule has 2 atom stereocenters. The zero-order valence-corrected chi connectivity index (χ0v) is 10.2. The van der Waals surface area contributed by atoms with Gasteiger partial charge in [0.15, 0.2) is 0 Å². The second-order valence-electron chi connectivity index (χ2n) is 4.44. The van der Waals surface area contributed by atoms with Crippen LogP contribution in [0, 0.1) is 11.3 Å². The number of thioether (sulfide) groups is 2. The van der Waals surface area contributed by atoms with Gasteiger partial charge < -0.3 is 5.11 Å². The molecule has 0 radical (unpaired) electrons. The molecule has 1 aliphatic heterocycles. The first-order valence-electron chi connectivity index (χ1n) is 5.25. The summed E-state index contributed by atoms with van der Waals surface area (Å²) < 4.78 is 0.720. The van der Waals surface area contributed by atoms with Crippen molar-refractivity contribution in [3.8, 4) is 0 Å². The lowest BCUT2D eigenvalue weighted by Gasteiger charge is -2.40. The molecule has 1 heterocycles. The van der Waals surface area contributed by atoms with E-state index in [9.17, 15) is 5.11 Å². The zero-order chi connectivity index (χ0) is 10.0. The first-order valence-corrected chi connectivity index (χ1v) is 7.35. The third-order valence-corrected chi connectivity index (χ3v) is 6.64. The molecule has 2 aliphatic rings. The second kappa shape index (κ2) is 4.50. The van der Waals surface area contributed by atoms with E-state index >= 15 is 0 Å². The fraction of sp³-hybridized carbons (Fsp3) is 0.818. The van der Waals surface area contributed by atoms with E-state index in [2.05, 4.69) is 42.6 Å². The summed E-state index contributed by atoms with van der Waals surface area (Å²) in [5.74, 6) is 3.24. The molecule has 0 aromatic rings. The minimum absolute atomic E-state index is 0.129. The van der Waals surface area contributed by atoms with Crippen molar-refractivity contribution in [3.63, 3.8) is 0 Å². The van der Waals surface area contributed by atoms with Gasteiger partial charge in [-0.25, -0.2) is 0 Å². The molecule has 1 saturated heterocycles. The quantitative estimate of drug-likeness (QED) is 0.737. The van der Waals surface area contributed by atoms with Crippen LogP contribution in [0.2, 0.25) is 0 Å². The van der Waals surface area contributed by atoms with Gasteiger partial charge in [0.1, 0.15) is 0 Å². The van der Waals surface area contributed by atoms with Crippen LogP contribution in [-0.4, -0.2) is 27.8 Å². The Hall–Kier alpha value is 0.400. The molecule has 0 amide bonds. The lowest BCUT2D eigenvalue weighted by Crippen LogP contribution is -2.37. The van der Waals surface area contributed by atoms with E-state index < -0.39 is 0 Å². The highest BCUT2D eigenvalue weighted by Crippen LogP contribution is 2.49. The summed E-state index contributed by atoms with van der Waals surface area (Å²) in [6.07, 6.45) is 6.73. The fourth-order valence-corrected chi connectivity index (χ4v) is 5.80. The van der Waals surface area contributed by atoms with Gasteiger partial charge in [0.25, 0.3) is 0 Å². The fourth-order valence-electron chi connectivity index (χ4n) is 2.26. The minimum atomic E-state index is 0.129. The molecule has 1 N–H and O–H groups in total. The minimum Gasteiger partial charge on any atom is -0.396 e. The Labute approximate surface area is 94.7 Å². The highest BCUT2D eigenvalue weighted by atomic mass is 32.2. The number of allylic oxidation sites excluding steroid dienone is 2. The van der Waals surface area contributed by atoms with E-state index in [0.29, 0.717) is 12.5 Å². The van der Waals surface area contributed by atoms with Gasteiger partial charge in [-0.15, -0.1) is 23.5 Å². The molecule has 0 unspecified atom stereocenters. The molecule has 0 aromatic heterocycles. The van der Waals surface area contributed by atoms with Gasteiger partial charge in [-0.3, -0.25) is 0 Å². The Kier molecular flexibility index (Phi) is 3.50. The Morgan fingerprint density at radius 1 is 1.36 bits per heavy atom. The maximum absolute atomic E-state index is 9.53. The number of hydrogen-bond acceptors (Lipinski definition) is 3. The van der Waals surface area contributed by atoms with Gasteiger partial charge in [-0.1, -0.05) is 19.1 Å². The van der Waals surface area contributed by atoms with E-state index in [0.717, 1.165) is 17.4 Å².